The molecular weight excluding hydrogens is 302 g/mol. The van der Waals surface area contributed by atoms with Crippen LogP contribution in [0, 0.1) is 0 Å². The summed E-state index contributed by atoms with van der Waals surface area (Å²) >= 11 is 0. The van der Waals surface area contributed by atoms with Gasteiger partial charge in [0.05, 0.1) is 18.7 Å². The van der Waals surface area contributed by atoms with E-state index in [-0.39, 0.29) is 35.8 Å². The SMILES string of the molecule is CCOC(=O)c1cncnc1Nc1cc(CC(=O)O)ccc1O. The number of benzene rings is 1. The molecule has 0 bridgehead atoms. The molecule has 0 spiro atoms. The summed E-state index contributed by atoms with van der Waals surface area (Å²) in [4.78, 5) is 30.4. The molecule has 0 aliphatic heterocycles. The third-order valence-corrected chi connectivity index (χ3v) is 2.88. The molecule has 0 saturated heterocycles. The van der Waals surface area contributed by atoms with Crippen molar-refractivity contribution in [2.75, 3.05) is 11.9 Å². The minimum atomic E-state index is -0.990. The molecule has 8 heteroatoms. The molecular formula is C15H15N3O5. The van der Waals surface area contributed by atoms with Crippen LogP contribution in [-0.2, 0) is 16.0 Å². The third-order valence-electron chi connectivity index (χ3n) is 2.88. The number of phenolic OH excluding ortho intramolecular Hbond substituents is 1. The van der Waals surface area contributed by atoms with Gasteiger partial charge in [-0.05, 0) is 24.6 Å². The van der Waals surface area contributed by atoms with Gasteiger partial charge in [-0.3, -0.25) is 4.79 Å². The highest BCUT2D eigenvalue weighted by molar-refractivity contribution is 5.95. The number of nitrogens with zero attached hydrogens (tertiary/aromatic N) is 2. The number of carbonyl (C=O) groups excluding carboxylic acids is 1. The van der Waals surface area contributed by atoms with Gasteiger partial charge >= 0.3 is 11.9 Å². The zero-order valence-electron chi connectivity index (χ0n) is 12.3. The Morgan fingerprint density at radius 2 is 2.13 bits per heavy atom. The van der Waals surface area contributed by atoms with Gasteiger partial charge in [-0.1, -0.05) is 6.07 Å². The van der Waals surface area contributed by atoms with Gasteiger partial charge in [0.25, 0.3) is 0 Å². The topological polar surface area (TPSA) is 122 Å². The Kier molecular flexibility index (Phi) is 5.08. The van der Waals surface area contributed by atoms with Crippen molar-refractivity contribution in [3.8, 4) is 5.75 Å². The number of carboxylic acids is 1. The fraction of sp³-hybridized carbons (Fsp3) is 0.200. The summed E-state index contributed by atoms with van der Waals surface area (Å²) in [5.41, 5.74) is 0.829. The number of carboxylic acid groups (broad SMARTS) is 1. The second-order valence-electron chi connectivity index (χ2n) is 4.55. The molecule has 1 heterocycles. The second kappa shape index (κ2) is 7.21. The molecule has 120 valence electrons. The van der Waals surface area contributed by atoms with Gasteiger partial charge < -0.3 is 20.3 Å². The van der Waals surface area contributed by atoms with Gasteiger partial charge in [0, 0.05) is 6.20 Å². The Morgan fingerprint density at radius 3 is 2.83 bits per heavy atom. The number of hydrogen-bond acceptors (Lipinski definition) is 7. The van der Waals surface area contributed by atoms with Crippen LogP contribution in [0.25, 0.3) is 0 Å². The van der Waals surface area contributed by atoms with Crippen molar-refractivity contribution in [1.29, 1.82) is 0 Å². The summed E-state index contributed by atoms with van der Waals surface area (Å²) in [7, 11) is 0. The van der Waals surface area contributed by atoms with Crippen molar-refractivity contribution in [1.82, 2.24) is 9.97 Å². The number of aromatic nitrogens is 2. The number of rotatable bonds is 6. The van der Waals surface area contributed by atoms with E-state index in [1.807, 2.05) is 0 Å². The highest BCUT2D eigenvalue weighted by Gasteiger charge is 2.15. The highest BCUT2D eigenvalue weighted by Crippen LogP contribution is 2.28. The van der Waals surface area contributed by atoms with Crippen molar-refractivity contribution < 1.29 is 24.5 Å². The van der Waals surface area contributed by atoms with Crippen LogP contribution in [0.2, 0.25) is 0 Å². The van der Waals surface area contributed by atoms with Crippen molar-refractivity contribution in [2.45, 2.75) is 13.3 Å². The van der Waals surface area contributed by atoms with Crippen molar-refractivity contribution in [2.24, 2.45) is 0 Å². The van der Waals surface area contributed by atoms with E-state index in [0.29, 0.717) is 5.56 Å². The van der Waals surface area contributed by atoms with Crippen LogP contribution in [0.15, 0.2) is 30.7 Å². The molecule has 0 aliphatic carbocycles. The fourth-order valence-electron chi connectivity index (χ4n) is 1.88. The Morgan fingerprint density at radius 1 is 1.35 bits per heavy atom. The summed E-state index contributed by atoms with van der Waals surface area (Å²) in [6.07, 6.45) is 2.35. The number of hydrogen-bond donors (Lipinski definition) is 3. The molecule has 0 atom stereocenters. The molecule has 0 amide bonds. The maximum Gasteiger partial charge on any atom is 0.343 e. The summed E-state index contributed by atoms with van der Waals surface area (Å²) in [6.45, 7) is 1.88. The monoisotopic (exact) mass is 317 g/mol. The first kappa shape index (κ1) is 16.2. The van der Waals surface area contributed by atoms with E-state index in [1.165, 1.54) is 30.7 Å². The van der Waals surface area contributed by atoms with Crippen molar-refractivity contribution in [3.63, 3.8) is 0 Å². The van der Waals surface area contributed by atoms with Crippen LogP contribution in [0.4, 0.5) is 11.5 Å². The van der Waals surface area contributed by atoms with Crippen LogP contribution in [0.3, 0.4) is 0 Å². The zero-order valence-corrected chi connectivity index (χ0v) is 12.3. The summed E-state index contributed by atoms with van der Waals surface area (Å²) in [5, 5.41) is 21.5. The van der Waals surface area contributed by atoms with Gasteiger partial charge in [-0.2, -0.15) is 0 Å². The summed E-state index contributed by atoms with van der Waals surface area (Å²) < 4.78 is 4.91. The van der Waals surface area contributed by atoms with Crippen LogP contribution < -0.4 is 5.32 Å². The van der Waals surface area contributed by atoms with Crippen LogP contribution in [0.1, 0.15) is 22.8 Å². The fourth-order valence-corrected chi connectivity index (χ4v) is 1.88. The molecule has 8 nitrogen and oxygen atoms in total. The highest BCUT2D eigenvalue weighted by atomic mass is 16.5. The number of phenols is 1. The summed E-state index contributed by atoms with van der Waals surface area (Å²) in [6, 6.07) is 4.34. The van der Waals surface area contributed by atoms with E-state index in [9.17, 15) is 14.7 Å². The van der Waals surface area contributed by atoms with E-state index < -0.39 is 11.9 Å². The van der Waals surface area contributed by atoms with Gasteiger partial charge in [0.15, 0.2) is 0 Å². The lowest BCUT2D eigenvalue weighted by atomic mass is 10.1. The van der Waals surface area contributed by atoms with Crippen molar-refractivity contribution >= 4 is 23.4 Å². The van der Waals surface area contributed by atoms with Gasteiger partial charge in [0.1, 0.15) is 23.5 Å². The van der Waals surface area contributed by atoms with E-state index in [4.69, 9.17) is 9.84 Å². The first-order valence-electron chi connectivity index (χ1n) is 6.79. The van der Waals surface area contributed by atoms with E-state index in [2.05, 4.69) is 15.3 Å². The third kappa shape index (κ3) is 4.16. The number of aromatic hydroxyl groups is 1. The molecule has 0 unspecified atom stereocenters. The Bertz CT molecular complexity index is 733. The quantitative estimate of drug-likeness (QED) is 0.544. The zero-order chi connectivity index (χ0) is 16.8. The minimum absolute atomic E-state index is 0.104. The summed E-state index contributed by atoms with van der Waals surface area (Å²) in [5.74, 6) is -1.54. The lowest BCUT2D eigenvalue weighted by Gasteiger charge is -2.12. The number of esters is 1. The van der Waals surface area contributed by atoms with Gasteiger partial charge in [0.2, 0.25) is 0 Å². The molecule has 23 heavy (non-hydrogen) atoms. The minimum Gasteiger partial charge on any atom is -0.506 e. The first-order chi connectivity index (χ1) is 11.0. The molecule has 1 aromatic carbocycles. The van der Waals surface area contributed by atoms with Crippen LogP contribution in [-0.4, -0.2) is 38.7 Å². The standard InChI is InChI=1S/C15H15N3O5/c1-2-23-15(22)10-7-16-8-17-14(10)18-11-5-9(6-13(20)21)3-4-12(11)19/h3-5,7-8,19H,2,6H2,1H3,(H,20,21)(H,16,17,18). The van der Waals surface area contributed by atoms with Crippen LogP contribution in [0.5, 0.6) is 5.75 Å². The average molecular weight is 317 g/mol. The number of carbonyl (C=O) groups is 2. The Balaban J connectivity index is 2.32. The Hall–Kier alpha value is -3.16. The number of ether oxygens (including phenoxy) is 1. The van der Waals surface area contributed by atoms with Gasteiger partial charge in [-0.15, -0.1) is 0 Å². The Labute approximate surface area is 131 Å². The molecule has 1 aromatic heterocycles. The number of aliphatic carboxylic acids is 1. The molecule has 3 N–H and O–H groups in total. The number of nitrogens with one attached hydrogen (secondary N) is 1. The average Bonchev–Trinajstić information content (AvgIpc) is 2.51. The predicted molar refractivity (Wildman–Crippen MR) is 80.7 cm³/mol. The maximum atomic E-state index is 11.9. The second-order valence-corrected chi connectivity index (χ2v) is 4.55. The number of anilines is 2. The smallest absolute Gasteiger partial charge is 0.343 e. The molecule has 2 rings (SSSR count). The molecule has 0 radical (unpaired) electrons. The lowest BCUT2D eigenvalue weighted by molar-refractivity contribution is -0.136. The molecule has 0 saturated carbocycles. The molecule has 0 fully saturated rings. The van der Waals surface area contributed by atoms with Crippen molar-refractivity contribution in [3.05, 3.63) is 41.9 Å². The van der Waals surface area contributed by atoms with Crippen LogP contribution >= 0.6 is 0 Å². The maximum absolute atomic E-state index is 11.9. The molecule has 2 aromatic rings. The first-order valence-corrected chi connectivity index (χ1v) is 6.79. The van der Waals surface area contributed by atoms with E-state index >= 15 is 0 Å². The molecule has 0 aliphatic rings. The van der Waals surface area contributed by atoms with E-state index in [0.717, 1.165) is 0 Å². The van der Waals surface area contributed by atoms with E-state index in [1.54, 1.807) is 6.92 Å². The predicted octanol–water partition coefficient (Wildman–Crippen LogP) is 1.73. The normalized spacial score (nSPS) is 10.1. The van der Waals surface area contributed by atoms with Gasteiger partial charge in [-0.25, -0.2) is 14.8 Å². The lowest BCUT2D eigenvalue weighted by Crippen LogP contribution is -2.10. The largest absolute Gasteiger partial charge is 0.506 e.